The predicted octanol–water partition coefficient (Wildman–Crippen LogP) is 4.83. The van der Waals surface area contributed by atoms with Gasteiger partial charge in [-0.25, -0.2) is 4.39 Å². The number of aryl methyl sites for hydroxylation is 1. The van der Waals surface area contributed by atoms with E-state index >= 15 is 0 Å². The Labute approximate surface area is 198 Å². The highest BCUT2D eigenvalue weighted by Gasteiger charge is 2.25. The highest BCUT2D eigenvalue weighted by Crippen LogP contribution is 2.30. The summed E-state index contributed by atoms with van der Waals surface area (Å²) in [4.78, 5) is 12.7. The zero-order chi connectivity index (χ0) is 23.4. The Morgan fingerprint density at radius 2 is 1.79 bits per heavy atom. The van der Waals surface area contributed by atoms with E-state index in [0.29, 0.717) is 21.9 Å². The highest BCUT2D eigenvalue weighted by atomic mass is 32.2. The van der Waals surface area contributed by atoms with Crippen molar-refractivity contribution in [3.05, 3.63) is 71.2 Å². The number of thioether (sulfide) groups is 1. The van der Waals surface area contributed by atoms with Crippen molar-refractivity contribution in [3.8, 4) is 11.4 Å². The lowest BCUT2D eigenvalue weighted by Crippen LogP contribution is -2.23. The Morgan fingerprint density at radius 1 is 1.06 bits per heavy atom. The molecule has 0 spiro atoms. The van der Waals surface area contributed by atoms with Gasteiger partial charge < -0.3 is 4.74 Å². The van der Waals surface area contributed by atoms with Crippen molar-refractivity contribution >= 4 is 34.1 Å². The molecule has 1 amide bonds. The quantitative estimate of drug-likeness (QED) is 0.358. The van der Waals surface area contributed by atoms with E-state index in [0.717, 1.165) is 10.7 Å². The lowest BCUT2D eigenvalue weighted by atomic mass is 10.3. The molecule has 0 aliphatic rings. The molecule has 0 aliphatic carbocycles. The zero-order valence-electron chi connectivity index (χ0n) is 18.1. The first-order valence-corrected chi connectivity index (χ1v) is 11.8. The lowest BCUT2D eigenvalue weighted by molar-refractivity contribution is -0.115. The second-order valence-corrected chi connectivity index (χ2v) is 9.59. The first-order chi connectivity index (χ1) is 15.9. The topological polar surface area (TPSA) is 94.8 Å². The molecular formula is C22H21FN6O2S2. The molecule has 0 radical (unpaired) electrons. The highest BCUT2D eigenvalue weighted by molar-refractivity contribution is 8.00. The molecule has 2 aromatic carbocycles. The molecule has 0 saturated carbocycles. The Balaban J connectivity index is 1.58. The standard InChI is InChI=1S/C22H21FN6O2S2/c1-13(31-18-11-9-16(23)10-12-18)19-26-28-22(29(19)17-7-5-4-6-8-17)32-14(2)20(30)24-21-27-25-15(3)33-21/h4-14H,1-3H3,(H,24,27,30). The predicted molar refractivity (Wildman–Crippen MR) is 125 cm³/mol. The molecule has 0 bridgehead atoms. The Bertz CT molecular complexity index is 1230. The average molecular weight is 485 g/mol. The van der Waals surface area contributed by atoms with Crippen molar-refractivity contribution in [1.29, 1.82) is 0 Å². The fourth-order valence-corrected chi connectivity index (χ4v) is 4.45. The molecule has 2 aromatic heterocycles. The first-order valence-electron chi connectivity index (χ1n) is 10.1. The summed E-state index contributed by atoms with van der Waals surface area (Å²) in [5.41, 5.74) is 0.835. The lowest BCUT2D eigenvalue weighted by Gasteiger charge is -2.17. The van der Waals surface area contributed by atoms with E-state index in [-0.39, 0.29) is 11.7 Å². The minimum absolute atomic E-state index is 0.212. The van der Waals surface area contributed by atoms with Gasteiger partial charge >= 0.3 is 0 Å². The summed E-state index contributed by atoms with van der Waals surface area (Å²) in [6, 6.07) is 15.4. The van der Waals surface area contributed by atoms with Gasteiger partial charge in [0.2, 0.25) is 11.0 Å². The molecule has 0 aliphatic heterocycles. The fourth-order valence-electron chi connectivity index (χ4n) is 2.98. The molecule has 33 heavy (non-hydrogen) atoms. The van der Waals surface area contributed by atoms with Gasteiger partial charge in [0, 0.05) is 5.69 Å². The van der Waals surface area contributed by atoms with Crippen LogP contribution < -0.4 is 10.1 Å². The number of hydrogen-bond donors (Lipinski definition) is 1. The molecule has 4 aromatic rings. The maximum Gasteiger partial charge on any atom is 0.239 e. The number of aromatic nitrogens is 5. The van der Waals surface area contributed by atoms with Gasteiger partial charge in [-0.3, -0.25) is 14.7 Å². The van der Waals surface area contributed by atoms with Crippen LogP contribution >= 0.6 is 23.1 Å². The molecular weight excluding hydrogens is 463 g/mol. The summed E-state index contributed by atoms with van der Waals surface area (Å²) in [5.74, 6) is 0.522. The van der Waals surface area contributed by atoms with Gasteiger partial charge in [-0.2, -0.15) is 0 Å². The molecule has 4 rings (SSSR count). The third-order valence-electron chi connectivity index (χ3n) is 4.57. The number of nitrogens with one attached hydrogen (secondary N) is 1. The number of benzene rings is 2. The second-order valence-electron chi connectivity index (χ2n) is 7.10. The summed E-state index contributed by atoms with van der Waals surface area (Å²) >= 11 is 2.59. The van der Waals surface area contributed by atoms with Crippen LogP contribution in [0.5, 0.6) is 5.75 Å². The van der Waals surface area contributed by atoms with Crippen LogP contribution in [-0.2, 0) is 4.79 Å². The molecule has 2 unspecified atom stereocenters. The molecule has 11 heteroatoms. The normalized spacial score (nSPS) is 12.8. The monoisotopic (exact) mass is 484 g/mol. The summed E-state index contributed by atoms with van der Waals surface area (Å²) in [5, 5.41) is 20.6. The number of carbonyl (C=O) groups excluding carboxylic acids is 1. The van der Waals surface area contributed by atoms with Gasteiger partial charge in [-0.1, -0.05) is 41.3 Å². The number of anilines is 1. The Morgan fingerprint density at radius 3 is 2.45 bits per heavy atom. The van der Waals surface area contributed by atoms with E-state index in [1.54, 1.807) is 19.1 Å². The SMILES string of the molecule is Cc1nnc(NC(=O)C(C)Sc2nnc(C(C)Oc3ccc(F)cc3)n2-c2ccccc2)s1. The maximum atomic E-state index is 13.2. The molecule has 0 fully saturated rings. The number of halogens is 1. The van der Waals surface area contributed by atoms with Crippen LogP contribution in [0.15, 0.2) is 59.8 Å². The summed E-state index contributed by atoms with van der Waals surface area (Å²) in [6.07, 6.45) is -0.481. The Kier molecular flexibility index (Phi) is 6.99. The van der Waals surface area contributed by atoms with E-state index in [1.165, 1.54) is 35.2 Å². The number of rotatable bonds is 8. The van der Waals surface area contributed by atoms with Gasteiger partial charge in [0.05, 0.1) is 5.25 Å². The smallest absolute Gasteiger partial charge is 0.239 e. The number of nitrogens with zero attached hydrogens (tertiary/aromatic N) is 5. The van der Waals surface area contributed by atoms with Crippen LogP contribution in [0.25, 0.3) is 5.69 Å². The van der Waals surface area contributed by atoms with Crippen molar-refractivity contribution in [2.24, 2.45) is 0 Å². The molecule has 8 nitrogen and oxygen atoms in total. The molecule has 2 atom stereocenters. The molecule has 170 valence electrons. The fraction of sp³-hybridized carbons (Fsp3) is 0.227. The van der Waals surface area contributed by atoms with Crippen molar-refractivity contribution in [2.45, 2.75) is 37.3 Å². The third-order valence-corrected chi connectivity index (χ3v) is 6.37. The van der Waals surface area contributed by atoms with Crippen molar-refractivity contribution in [2.75, 3.05) is 5.32 Å². The van der Waals surface area contributed by atoms with Crippen LogP contribution in [0.4, 0.5) is 9.52 Å². The van der Waals surface area contributed by atoms with Gasteiger partial charge in [0.1, 0.15) is 16.6 Å². The molecule has 2 heterocycles. The number of para-hydroxylation sites is 1. The third kappa shape index (κ3) is 5.55. The first kappa shape index (κ1) is 22.9. The average Bonchev–Trinajstić information content (AvgIpc) is 3.41. The second kappa shape index (κ2) is 10.1. The van der Waals surface area contributed by atoms with Gasteiger partial charge in [-0.15, -0.1) is 20.4 Å². The van der Waals surface area contributed by atoms with Crippen LogP contribution in [0.3, 0.4) is 0 Å². The number of carbonyl (C=O) groups is 1. The van der Waals surface area contributed by atoms with E-state index in [4.69, 9.17) is 4.74 Å². The summed E-state index contributed by atoms with van der Waals surface area (Å²) in [7, 11) is 0. The molecule has 1 N–H and O–H groups in total. The van der Waals surface area contributed by atoms with Gasteiger partial charge in [0.15, 0.2) is 17.1 Å². The van der Waals surface area contributed by atoms with Gasteiger partial charge in [0.25, 0.3) is 0 Å². The number of ether oxygens (including phenoxy) is 1. The minimum Gasteiger partial charge on any atom is -0.483 e. The Hall–Kier alpha value is -3.31. The van der Waals surface area contributed by atoms with E-state index in [2.05, 4.69) is 25.7 Å². The largest absolute Gasteiger partial charge is 0.483 e. The van der Waals surface area contributed by atoms with Crippen molar-refractivity contribution < 1.29 is 13.9 Å². The van der Waals surface area contributed by atoms with Gasteiger partial charge in [-0.05, 0) is 57.2 Å². The maximum absolute atomic E-state index is 13.2. The van der Waals surface area contributed by atoms with E-state index in [1.807, 2.05) is 48.7 Å². The number of amides is 1. The van der Waals surface area contributed by atoms with Crippen LogP contribution in [-0.4, -0.2) is 36.1 Å². The van der Waals surface area contributed by atoms with Crippen LogP contribution in [0.1, 0.15) is 30.8 Å². The van der Waals surface area contributed by atoms with Crippen LogP contribution in [0.2, 0.25) is 0 Å². The van der Waals surface area contributed by atoms with Crippen LogP contribution in [0, 0.1) is 12.7 Å². The zero-order valence-corrected chi connectivity index (χ0v) is 19.7. The van der Waals surface area contributed by atoms with Crippen molar-refractivity contribution in [1.82, 2.24) is 25.0 Å². The minimum atomic E-state index is -0.481. The molecule has 0 saturated heterocycles. The van der Waals surface area contributed by atoms with Crippen molar-refractivity contribution in [3.63, 3.8) is 0 Å². The summed E-state index contributed by atoms with van der Waals surface area (Å²) < 4.78 is 21.1. The number of hydrogen-bond acceptors (Lipinski definition) is 8. The van der Waals surface area contributed by atoms with E-state index < -0.39 is 11.4 Å². The summed E-state index contributed by atoms with van der Waals surface area (Å²) in [6.45, 7) is 5.45. The van der Waals surface area contributed by atoms with E-state index in [9.17, 15) is 9.18 Å².